The third kappa shape index (κ3) is 6.48. The molecule has 1 atom stereocenters. The molecule has 1 heteroatoms. The van der Waals surface area contributed by atoms with E-state index < -0.39 is 0 Å². The lowest BCUT2D eigenvalue weighted by Gasteiger charge is -2.27. The van der Waals surface area contributed by atoms with Gasteiger partial charge in [0, 0.05) is 6.04 Å². The van der Waals surface area contributed by atoms with Gasteiger partial charge >= 0.3 is 0 Å². The van der Waals surface area contributed by atoms with Crippen LogP contribution < -0.4 is 5.32 Å². The fourth-order valence-corrected chi connectivity index (χ4v) is 2.20. The molecule has 1 rings (SSSR count). The first-order valence-electron chi connectivity index (χ1n) is 6.78. The normalized spacial score (nSPS) is 13.6. The molecule has 0 heterocycles. The Morgan fingerprint density at radius 1 is 1.12 bits per heavy atom. The molecule has 0 aliphatic carbocycles. The molecule has 0 aromatic heterocycles. The molecule has 1 aromatic carbocycles. The van der Waals surface area contributed by atoms with Crippen molar-refractivity contribution in [1.82, 2.24) is 5.32 Å². The molecule has 0 saturated carbocycles. The molecule has 0 amide bonds. The Kier molecular flexibility index (Phi) is 5.70. The highest BCUT2D eigenvalue weighted by Gasteiger charge is 2.18. The Morgan fingerprint density at radius 2 is 1.76 bits per heavy atom. The summed E-state index contributed by atoms with van der Waals surface area (Å²) in [5, 5.41) is 3.67. The van der Waals surface area contributed by atoms with E-state index in [1.165, 1.54) is 18.4 Å². The third-order valence-electron chi connectivity index (χ3n) is 2.87. The molecular weight excluding hydrogens is 206 g/mol. The van der Waals surface area contributed by atoms with Crippen LogP contribution in [0.15, 0.2) is 30.3 Å². The van der Waals surface area contributed by atoms with E-state index in [9.17, 15) is 0 Å². The van der Waals surface area contributed by atoms with Gasteiger partial charge in [-0.25, -0.2) is 0 Å². The molecule has 1 nitrogen and oxygen atoms in total. The summed E-state index contributed by atoms with van der Waals surface area (Å²) < 4.78 is 0. The van der Waals surface area contributed by atoms with Crippen LogP contribution in [0.3, 0.4) is 0 Å². The van der Waals surface area contributed by atoms with Gasteiger partial charge in [-0.2, -0.15) is 0 Å². The first kappa shape index (κ1) is 14.2. The van der Waals surface area contributed by atoms with E-state index in [-0.39, 0.29) is 0 Å². The summed E-state index contributed by atoms with van der Waals surface area (Å²) in [7, 11) is 0. The molecule has 1 unspecified atom stereocenters. The summed E-state index contributed by atoms with van der Waals surface area (Å²) in [6.07, 6.45) is 3.56. The van der Waals surface area contributed by atoms with Crippen LogP contribution in [0.25, 0.3) is 0 Å². The summed E-state index contributed by atoms with van der Waals surface area (Å²) in [5.74, 6) is 0. The zero-order chi connectivity index (χ0) is 12.7. The zero-order valence-electron chi connectivity index (χ0n) is 11.8. The molecular formula is C16H27N. The molecule has 1 N–H and O–H groups in total. The minimum absolute atomic E-state index is 0.389. The average Bonchev–Trinajstić information content (AvgIpc) is 2.25. The van der Waals surface area contributed by atoms with Crippen molar-refractivity contribution in [2.75, 3.05) is 6.54 Å². The van der Waals surface area contributed by atoms with Crippen LogP contribution in [0, 0.1) is 5.41 Å². The van der Waals surface area contributed by atoms with E-state index in [1.54, 1.807) is 0 Å². The predicted octanol–water partition coefficient (Wildman–Crippen LogP) is 4.03. The van der Waals surface area contributed by atoms with E-state index in [0.29, 0.717) is 11.5 Å². The topological polar surface area (TPSA) is 12.0 Å². The number of nitrogens with one attached hydrogen (secondary N) is 1. The van der Waals surface area contributed by atoms with Crippen LogP contribution in [0.1, 0.15) is 46.1 Å². The second-order valence-corrected chi connectivity index (χ2v) is 6.11. The average molecular weight is 233 g/mol. The van der Waals surface area contributed by atoms with Crippen molar-refractivity contribution in [1.29, 1.82) is 0 Å². The zero-order valence-corrected chi connectivity index (χ0v) is 11.8. The highest BCUT2D eigenvalue weighted by Crippen LogP contribution is 2.22. The van der Waals surface area contributed by atoms with E-state index >= 15 is 0 Å². The van der Waals surface area contributed by atoms with E-state index in [0.717, 1.165) is 13.0 Å². The van der Waals surface area contributed by atoms with Gasteiger partial charge in [0.05, 0.1) is 0 Å². The molecule has 1 aromatic rings. The summed E-state index contributed by atoms with van der Waals surface area (Å²) in [6.45, 7) is 10.3. The van der Waals surface area contributed by atoms with Crippen LogP contribution in [0.2, 0.25) is 0 Å². The van der Waals surface area contributed by atoms with E-state index in [2.05, 4.69) is 63.3 Å². The van der Waals surface area contributed by atoms with Crippen LogP contribution in [-0.4, -0.2) is 12.6 Å². The van der Waals surface area contributed by atoms with Gasteiger partial charge in [-0.05, 0) is 36.8 Å². The molecule has 0 spiro atoms. The van der Waals surface area contributed by atoms with Crippen molar-refractivity contribution in [3.63, 3.8) is 0 Å². The monoisotopic (exact) mass is 233 g/mol. The Bertz CT molecular complexity index is 297. The Balaban J connectivity index is 2.57. The minimum Gasteiger partial charge on any atom is -0.314 e. The summed E-state index contributed by atoms with van der Waals surface area (Å²) in [5.41, 5.74) is 1.82. The number of rotatable bonds is 6. The fourth-order valence-electron chi connectivity index (χ4n) is 2.20. The van der Waals surface area contributed by atoms with Gasteiger partial charge in [-0.3, -0.25) is 0 Å². The lowest BCUT2D eigenvalue weighted by molar-refractivity contribution is 0.306. The number of benzene rings is 1. The first-order valence-corrected chi connectivity index (χ1v) is 6.78. The largest absolute Gasteiger partial charge is 0.314 e. The highest BCUT2D eigenvalue weighted by atomic mass is 14.9. The molecule has 96 valence electrons. The maximum Gasteiger partial charge on any atom is 0.0112 e. The number of hydrogen-bond acceptors (Lipinski definition) is 1. The lowest BCUT2D eigenvalue weighted by atomic mass is 9.86. The van der Waals surface area contributed by atoms with Crippen LogP contribution in [0.5, 0.6) is 0 Å². The minimum atomic E-state index is 0.389. The highest BCUT2D eigenvalue weighted by molar-refractivity contribution is 5.16. The van der Waals surface area contributed by atoms with Gasteiger partial charge in [-0.15, -0.1) is 0 Å². The van der Waals surface area contributed by atoms with Crippen LogP contribution in [0.4, 0.5) is 0 Å². The molecule has 0 fully saturated rings. The van der Waals surface area contributed by atoms with Gasteiger partial charge in [0.25, 0.3) is 0 Å². The lowest BCUT2D eigenvalue weighted by Crippen LogP contribution is -2.35. The molecule has 0 aliphatic rings. The summed E-state index contributed by atoms with van der Waals surface area (Å²) in [4.78, 5) is 0. The summed E-state index contributed by atoms with van der Waals surface area (Å²) in [6, 6.07) is 11.4. The molecule has 0 saturated heterocycles. The van der Waals surface area contributed by atoms with E-state index in [4.69, 9.17) is 0 Å². The maximum atomic E-state index is 3.67. The standard InChI is InChI=1S/C16H27N/c1-5-11-17-15(13-16(2,3)4)12-14-9-7-6-8-10-14/h6-10,15,17H,5,11-13H2,1-4H3. The molecule has 0 radical (unpaired) electrons. The third-order valence-corrected chi connectivity index (χ3v) is 2.87. The number of hydrogen-bond donors (Lipinski definition) is 1. The second kappa shape index (κ2) is 6.80. The SMILES string of the molecule is CCCNC(Cc1ccccc1)CC(C)(C)C. The van der Waals surface area contributed by atoms with Crippen molar-refractivity contribution < 1.29 is 0 Å². The van der Waals surface area contributed by atoms with Crippen molar-refractivity contribution in [3.05, 3.63) is 35.9 Å². The van der Waals surface area contributed by atoms with Crippen LogP contribution >= 0.6 is 0 Å². The Labute approximate surface area is 107 Å². The van der Waals surface area contributed by atoms with Crippen molar-refractivity contribution in [3.8, 4) is 0 Å². The fraction of sp³-hybridized carbons (Fsp3) is 0.625. The smallest absolute Gasteiger partial charge is 0.0112 e. The Hall–Kier alpha value is -0.820. The van der Waals surface area contributed by atoms with Gasteiger partial charge in [0.2, 0.25) is 0 Å². The second-order valence-electron chi connectivity index (χ2n) is 6.11. The van der Waals surface area contributed by atoms with Crippen LogP contribution in [-0.2, 0) is 6.42 Å². The predicted molar refractivity (Wildman–Crippen MR) is 76.3 cm³/mol. The first-order chi connectivity index (χ1) is 8.01. The van der Waals surface area contributed by atoms with E-state index in [1.807, 2.05) is 0 Å². The Morgan fingerprint density at radius 3 is 2.29 bits per heavy atom. The van der Waals surface area contributed by atoms with Crippen molar-refractivity contribution >= 4 is 0 Å². The van der Waals surface area contributed by atoms with Gasteiger partial charge in [0.1, 0.15) is 0 Å². The van der Waals surface area contributed by atoms with Crippen molar-refractivity contribution in [2.24, 2.45) is 5.41 Å². The van der Waals surface area contributed by atoms with Gasteiger partial charge in [-0.1, -0.05) is 58.0 Å². The summed E-state index contributed by atoms with van der Waals surface area (Å²) >= 11 is 0. The van der Waals surface area contributed by atoms with Gasteiger partial charge < -0.3 is 5.32 Å². The maximum absolute atomic E-state index is 3.67. The van der Waals surface area contributed by atoms with Gasteiger partial charge in [0.15, 0.2) is 0 Å². The quantitative estimate of drug-likeness (QED) is 0.782. The molecule has 0 aliphatic heterocycles. The van der Waals surface area contributed by atoms with Crippen molar-refractivity contribution in [2.45, 2.75) is 53.0 Å². The molecule has 0 bridgehead atoms. The molecule has 17 heavy (non-hydrogen) atoms.